The van der Waals surface area contributed by atoms with Gasteiger partial charge in [0, 0.05) is 23.8 Å². The van der Waals surface area contributed by atoms with Crippen molar-refractivity contribution in [2.75, 3.05) is 30.9 Å². The molecular weight excluding hydrogens is 360 g/mol. The molecule has 2 aliphatic heterocycles. The van der Waals surface area contributed by atoms with Crippen LogP contribution in [0.2, 0.25) is 0 Å². The number of amidine groups is 1. The Labute approximate surface area is 153 Å². The lowest BCUT2D eigenvalue weighted by Gasteiger charge is -2.34. The lowest BCUT2D eigenvalue weighted by Crippen LogP contribution is -2.40. The number of methoxy groups -OCH3 is 1. The van der Waals surface area contributed by atoms with E-state index in [1.54, 1.807) is 18.2 Å². The summed E-state index contributed by atoms with van der Waals surface area (Å²) in [5.41, 5.74) is 5.67. The fraction of sp³-hybridized carbons (Fsp3) is 0.353. The average Bonchev–Trinajstić information content (AvgIpc) is 3.02. The number of halogens is 2. The van der Waals surface area contributed by atoms with E-state index in [1.165, 1.54) is 24.9 Å². The van der Waals surface area contributed by atoms with Gasteiger partial charge in [0.15, 0.2) is 5.17 Å². The Bertz CT molecular complexity index is 880. The molecule has 0 saturated carbocycles. The number of rotatable bonds is 3. The summed E-state index contributed by atoms with van der Waals surface area (Å²) in [5, 5.41) is 0.434. The van der Waals surface area contributed by atoms with E-state index in [1.807, 2.05) is 4.90 Å². The molecule has 1 aromatic heterocycles. The Morgan fingerprint density at radius 1 is 1.31 bits per heavy atom. The van der Waals surface area contributed by atoms with E-state index < -0.39 is 11.4 Å². The van der Waals surface area contributed by atoms with Crippen LogP contribution in [0, 0.1) is 17.6 Å². The number of anilines is 1. The molecule has 9 heteroatoms. The third-order valence-electron chi connectivity index (χ3n) is 4.81. The fourth-order valence-electron chi connectivity index (χ4n) is 3.60. The predicted octanol–water partition coefficient (Wildman–Crippen LogP) is 2.16. The Hall–Kier alpha value is -2.42. The molecule has 0 bridgehead atoms. The Balaban J connectivity index is 1.77. The zero-order chi connectivity index (χ0) is 18.3. The molecule has 3 heterocycles. The van der Waals surface area contributed by atoms with Gasteiger partial charge in [-0.2, -0.15) is 9.37 Å². The Kier molecular flexibility index (Phi) is 4.18. The van der Waals surface area contributed by atoms with Crippen LogP contribution in [-0.4, -0.2) is 41.1 Å². The van der Waals surface area contributed by atoms with Crippen LogP contribution in [-0.2, 0) is 5.54 Å². The van der Waals surface area contributed by atoms with Crippen LogP contribution in [0.4, 0.5) is 14.7 Å². The van der Waals surface area contributed by atoms with Crippen molar-refractivity contribution in [3.8, 4) is 5.88 Å². The monoisotopic (exact) mass is 377 g/mol. The third-order valence-corrected chi connectivity index (χ3v) is 5.76. The van der Waals surface area contributed by atoms with Gasteiger partial charge in [0.1, 0.15) is 11.4 Å². The zero-order valence-electron chi connectivity index (χ0n) is 14.0. The molecule has 2 unspecified atom stereocenters. The molecule has 0 amide bonds. The average molecular weight is 377 g/mol. The van der Waals surface area contributed by atoms with Gasteiger partial charge in [-0.25, -0.2) is 14.4 Å². The molecule has 0 spiro atoms. The number of aliphatic imine (C=N–C) groups is 1. The van der Waals surface area contributed by atoms with Crippen molar-refractivity contribution in [1.29, 1.82) is 0 Å². The number of fused-ring (bicyclic) bond motifs is 1. The zero-order valence-corrected chi connectivity index (χ0v) is 14.8. The molecule has 0 radical (unpaired) electrons. The van der Waals surface area contributed by atoms with Gasteiger partial charge in [-0.15, -0.1) is 0 Å². The molecule has 2 aliphatic rings. The van der Waals surface area contributed by atoms with Gasteiger partial charge < -0.3 is 15.4 Å². The maximum absolute atomic E-state index is 14.6. The van der Waals surface area contributed by atoms with E-state index in [0.29, 0.717) is 35.5 Å². The summed E-state index contributed by atoms with van der Waals surface area (Å²) in [5.74, 6) is -0.0148. The lowest BCUT2D eigenvalue weighted by atomic mass is 9.81. The van der Waals surface area contributed by atoms with Crippen LogP contribution >= 0.6 is 11.8 Å². The Morgan fingerprint density at radius 3 is 2.88 bits per heavy atom. The number of nitrogens with two attached hydrogens (primary N) is 1. The van der Waals surface area contributed by atoms with Gasteiger partial charge in [0.2, 0.25) is 11.8 Å². The summed E-state index contributed by atoms with van der Waals surface area (Å²) in [4.78, 5) is 14.7. The molecule has 1 fully saturated rings. The molecule has 1 aromatic carbocycles. The molecule has 2 aromatic rings. The van der Waals surface area contributed by atoms with E-state index in [2.05, 4.69) is 15.0 Å². The Morgan fingerprint density at radius 2 is 2.12 bits per heavy atom. The highest BCUT2D eigenvalue weighted by Gasteiger charge is 2.51. The van der Waals surface area contributed by atoms with Gasteiger partial charge in [0.25, 0.3) is 5.88 Å². The topological polar surface area (TPSA) is 76.6 Å². The molecule has 2 N–H and O–H groups in total. The van der Waals surface area contributed by atoms with E-state index in [4.69, 9.17) is 10.5 Å². The van der Waals surface area contributed by atoms with Crippen molar-refractivity contribution in [2.45, 2.75) is 5.54 Å². The second-order valence-electron chi connectivity index (χ2n) is 6.27. The molecule has 26 heavy (non-hydrogen) atoms. The number of hydrogen-bond donors (Lipinski definition) is 1. The normalized spacial score (nSPS) is 25.0. The van der Waals surface area contributed by atoms with E-state index in [-0.39, 0.29) is 17.6 Å². The van der Waals surface area contributed by atoms with Crippen molar-refractivity contribution >= 4 is 22.9 Å². The summed E-state index contributed by atoms with van der Waals surface area (Å²) in [6, 6.07) is 6.60. The molecule has 0 aliphatic carbocycles. The number of ether oxygens (including phenoxy) is 1. The van der Waals surface area contributed by atoms with Gasteiger partial charge in [0.05, 0.1) is 19.9 Å². The van der Waals surface area contributed by atoms with E-state index >= 15 is 0 Å². The third kappa shape index (κ3) is 2.66. The summed E-state index contributed by atoms with van der Waals surface area (Å²) in [6.07, 6.45) is 1.07. The van der Waals surface area contributed by atoms with Crippen molar-refractivity contribution in [3.05, 3.63) is 47.7 Å². The van der Waals surface area contributed by atoms with Crippen molar-refractivity contribution in [2.24, 2.45) is 16.6 Å². The first kappa shape index (κ1) is 17.0. The van der Waals surface area contributed by atoms with Crippen molar-refractivity contribution in [1.82, 2.24) is 9.97 Å². The minimum absolute atomic E-state index is 0.0244. The molecule has 1 saturated heterocycles. The van der Waals surface area contributed by atoms with E-state index in [0.717, 1.165) is 6.20 Å². The van der Waals surface area contributed by atoms with Crippen molar-refractivity contribution in [3.63, 3.8) is 0 Å². The smallest absolute Gasteiger partial charge is 0.255 e. The van der Waals surface area contributed by atoms with Crippen LogP contribution in [0.25, 0.3) is 0 Å². The maximum atomic E-state index is 14.6. The standard InChI is InChI=1S/C17H17F2N5OS/c1-25-14-13(19)6-21-16(22-14)24-7-10-8-26-15(20)23-17(10,9-24)11-4-2-3-5-12(11)18/h2-6,10H,7-9H2,1H3,(H2,20,23). The largest absolute Gasteiger partial charge is 0.479 e. The second kappa shape index (κ2) is 6.39. The molecule has 136 valence electrons. The summed E-state index contributed by atoms with van der Waals surface area (Å²) in [7, 11) is 1.35. The number of benzene rings is 1. The minimum atomic E-state index is -0.814. The number of hydrogen-bond acceptors (Lipinski definition) is 7. The van der Waals surface area contributed by atoms with Crippen LogP contribution < -0.4 is 15.4 Å². The highest BCUT2D eigenvalue weighted by molar-refractivity contribution is 8.13. The highest BCUT2D eigenvalue weighted by atomic mass is 32.2. The fourth-order valence-corrected chi connectivity index (χ4v) is 4.58. The maximum Gasteiger partial charge on any atom is 0.255 e. The van der Waals surface area contributed by atoms with Gasteiger partial charge >= 0.3 is 0 Å². The van der Waals surface area contributed by atoms with Crippen LogP contribution in [0.1, 0.15) is 5.56 Å². The molecule has 4 rings (SSSR count). The van der Waals surface area contributed by atoms with Crippen molar-refractivity contribution < 1.29 is 13.5 Å². The number of aromatic nitrogens is 2. The molecular formula is C17H17F2N5OS. The number of nitrogens with zero attached hydrogens (tertiary/aromatic N) is 4. The summed E-state index contributed by atoms with van der Waals surface area (Å²) >= 11 is 1.45. The van der Waals surface area contributed by atoms with Crippen LogP contribution in [0.5, 0.6) is 5.88 Å². The predicted molar refractivity (Wildman–Crippen MR) is 96.4 cm³/mol. The SMILES string of the molecule is COc1nc(N2CC3CSC(N)=NC3(c3ccccc3F)C2)ncc1F. The summed E-state index contributed by atoms with van der Waals surface area (Å²) < 4.78 is 33.2. The summed E-state index contributed by atoms with van der Waals surface area (Å²) in [6.45, 7) is 0.918. The van der Waals surface area contributed by atoms with E-state index in [9.17, 15) is 8.78 Å². The van der Waals surface area contributed by atoms with Gasteiger partial charge in [-0.05, 0) is 6.07 Å². The first-order valence-corrected chi connectivity index (χ1v) is 9.06. The second-order valence-corrected chi connectivity index (χ2v) is 7.31. The van der Waals surface area contributed by atoms with Crippen LogP contribution in [0.15, 0.2) is 35.5 Å². The quantitative estimate of drug-likeness (QED) is 0.883. The van der Waals surface area contributed by atoms with Crippen LogP contribution in [0.3, 0.4) is 0 Å². The lowest BCUT2D eigenvalue weighted by molar-refractivity contribution is 0.366. The first-order valence-electron chi connectivity index (χ1n) is 8.08. The van der Waals surface area contributed by atoms with Gasteiger partial charge in [-0.3, -0.25) is 0 Å². The first-order chi connectivity index (χ1) is 12.5. The highest BCUT2D eigenvalue weighted by Crippen LogP contribution is 2.46. The molecule has 6 nitrogen and oxygen atoms in total. The number of thioether (sulfide) groups is 1. The minimum Gasteiger partial charge on any atom is -0.479 e. The molecule has 2 atom stereocenters. The van der Waals surface area contributed by atoms with Gasteiger partial charge in [-0.1, -0.05) is 30.0 Å².